The summed E-state index contributed by atoms with van der Waals surface area (Å²) in [5.41, 5.74) is 1.37. The van der Waals surface area contributed by atoms with Crippen LogP contribution in [0.3, 0.4) is 0 Å². The summed E-state index contributed by atoms with van der Waals surface area (Å²) in [6.07, 6.45) is 1.17. The Morgan fingerprint density at radius 3 is 2.17 bits per heavy atom. The molecule has 2 aromatic rings. The van der Waals surface area contributed by atoms with Gasteiger partial charge in [-0.15, -0.1) is 0 Å². The van der Waals surface area contributed by atoms with E-state index in [0.717, 1.165) is 11.3 Å². The highest BCUT2D eigenvalue weighted by atomic mass is 32.2. The summed E-state index contributed by atoms with van der Waals surface area (Å²) in [7, 11) is -3.22. The van der Waals surface area contributed by atoms with Gasteiger partial charge < -0.3 is 10.1 Å². The van der Waals surface area contributed by atoms with E-state index in [1.54, 1.807) is 48.5 Å². The molecule has 0 spiro atoms. The lowest BCUT2D eigenvalue weighted by Crippen LogP contribution is -2.26. The molecule has 0 aliphatic heterocycles. The smallest absolute Gasteiger partial charge is 0.251 e. The number of ether oxygens (including phenoxy) is 1. The molecule has 24 heavy (non-hydrogen) atoms. The summed E-state index contributed by atoms with van der Waals surface area (Å²) in [6.45, 7) is 4.32. The normalized spacial score (nSPS) is 12.5. The Labute approximate surface area is 142 Å². The fourth-order valence-electron chi connectivity index (χ4n) is 2.24. The minimum absolute atomic E-state index is 0.197. The Morgan fingerprint density at radius 1 is 1.08 bits per heavy atom. The Bertz CT molecular complexity index is 796. The molecular weight excluding hydrogens is 326 g/mol. The van der Waals surface area contributed by atoms with E-state index in [-0.39, 0.29) is 16.8 Å². The highest BCUT2D eigenvalue weighted by Gasteiger charge is 2.13. The molecule has 1 atom stereocenters. The summed E-state index contributed by atoms with van der Waals surface area (Å²) >= 11 is 0. The molecule has 5 nitrogen and oxygen atoms in total. The molecular formula is C18H21NO4S. The Balaban J connectivity index is 2.05. The lowest BCUT2D eigenvalue weighted by Gasteiger charge is -2.15. The van der Waals surface area contributed by atoms with Crippen molar-refractivity contribution in [1.82, 2.24) is 5.32 Å². The monoisotopic (exact) mass is 347 g/mol. The van der Waals surface area contributed by atoms with Gasteiger partial charge in [0.25, 0.3) is 5.91 Å². The number of carbonyl (C=O) groups is 1. The average Bonchev–Trinajstić information content (AvgIpc) is 2.55. The summed E-state index contributed by atoms with van der Waals surface area (Å²) in [6, 6.07) is 13.2. The predicted octanol–water partition coefficient (Wildman–Crippen LogP) is 2.98. The fraction of sp³-hybridized carbons (Fsp3) is 0.278. The van der Waals surface area contributed by atoms with Gasteiger partial charge in [0.2, 0.25) is 0 Å². The lowest BCUT2D eigenvalue weighted by atomic mass is 10.1. The molecule has 2 rings (SSSR count). The molecule has 1 amide bonds. The van der Waals surface area contributed by atoms with Gasteiger partial charge in [0, 0.05) is 11.8 Å². The first kappa shape index (κ1) is 18.0. The van der Waals surface area contributed by atoms with Gasteiger partial charge in [0.1, 0.15) is 5.75 Å². The number of hydrogen-bond donors (Lipinski definition) is 1. The van der Waals surface area contributed by atoms with Gasteiger partial charge in [0.15, 0.2) is 9.84 Å². The quantitative estimate of drug-likeness (QED) is 0.872. The zero-order valence-corrected chi connectivity index (χ0v) is 14.8. The Kier molecular flexibility index (Phi) is 5.62. The van der Waals surface area contributed by atoms with Crippen molar-refractivity contribution >= 4 is 15.7 Å². The summed E-state index contributed by atoms with van der Waals surface area (Å²) < 4.78 is 28.3. The second-order valence-corrected chi connectivity index (χ2v) is 7.51. The summed E-state index contributed by atoms with van der Waals surface area (Å²) in [5.74, 6) is 0.524. The third-order valence-corrected chi connectivity index (χ3v) is 4.71. The van der Waals surface area contributed by atoms with Crippen molar-refractivity contribution in [2.75, 3.05) is 12.9 Å². The maximum atomic E-state index is 12.3. The van der Waals surface area contributed by atoms with Gasteiger partial charge in [-0.1, -0.05) is 12.1 Å². The second-order valence-electron chi connectivity index (χ2n) is 5.49. The minimum Gasteiger partial charge on any atom is -0.494 e. The van der Waals surface area contributed by atoms with Crippen LogP contribution in [0.5, 0.6) is 5.75 Å². The van der Waals surface area contributed by atoms with Crippen molar-refractivity contribution in [3.05, 3.63) is 59.7 Å². The zero-order chi connectivity index (χ0) is 17.7. The molecule has 0 saturated carbocycles. The van der Waals surface area contributed by atoms with E-state index < -0.39 is 9.84 Å². The van der Waals surface area contributed by atoms with Gasteiger partial charge in [-0.25, -0.2) is 8.42 Å². The van der Waals surface area contributed by atoms with Crippen LogP contribution in [0.25, 0.3) is 0 Å². The fourth-order valence-corrected chi connectivity index (χ4v) is 2.87. The van der Waals surface area contributed by atoms with E-state index in [4.69, 9.17) is 4.74 Å². The van der Waals surface area contributed by atoms with Gasteiger partial charge in [-0.05, 0) is 55.8 Å². The molecule has 0 aliphatic carbocycles. The van der Waals surface area contributed by atoms with Gasteiger partial charge >= 0.3 is 0 Å². The molecule has 0 heterocycles. The number of carbonyl (C=O) groups excluding carboxylic acids is 1. The molecule has 0 saturated heterocycles. The van der Waals surface area contributed by atoms with Crippen LogP contribution in [-0.4, -0.2) is 27.2 Å². The highest BCUT2D eigenvalue weighted by molar-refractivity contribution is 7.90. The molecule has 6 heteroatoms. The van der Waals surface area contributed by atoms with Gasteiger partial charge in [-0.2, -0.15) is 0 Å². The van der Waals surface area contributed by atoms with E-state index in [2.05, 4.69) is 5.32 Å². The molecule has 0 aromatic heterocycles. The van der Waals surface area contributed by atoms with E-state index in [1.807, 2.05) is 13.8 Å². The van der Waals surface area contributed by atoms with Crippen LogP contribution >= 0.6 is 0 Å². The van der Waals surface area contributed by atoms with Crippen LogP contribution in [0.1, 0.15) is 35.8 Å². The molecule has 128 valence electrons. The van der Waals surface area contributed by atoms with E-state index in [1.165, 1.54) is 6.26 Å². The van der Waals surface area contributed by atoms with Crippen LogP contribution in [0, 0.1) is 0 Å². The maximum Gasteiger partial charge on any atom is 0.251 e. The summed E-state index contributed by atoms with van der Waals surface area (Å²) in [4.78, 5) is 12.5. The summed E-state index contributed by atoms with van der Waals surface area (Å²) in [5, 5.41) is 2.89. The van der Waals surface area contributed by atoms with Crippen LogP contribution in [0.4, 0.5) is 0 Å². The second kappa shape index (κ2) is 7.49. The van der Waals surface area contributed by atoms with E-state index >= 15 is 0 Å². The van der Waals surface area contributed by atoms with Crippen molar-refractivity contribution in [2.45, 2.75) is 24.8 Å². The first-order chi connectivity index (χ1) is 11.3. The Hall–Kier alpha value is -2.34. The number of amides is 1. The highest BCUT2D eigenvalue weighted by Crippen LogP contribution is 2.17. The predicted molar refractivity (Wildman–Crippen MR) is 93.0 cm³/mol. The standard InChI is InChI=1S/C18H21NO4S/c1-4-23-16-9-5-15(6-10-16)18(20)19-13(2)14-7-11-17(12-8-14)24(3,21)22/h5-13H,4H2,1-3H3,(H,19,20)/t13-/m0/s1. The maximum absolute atomic E-state index is 12.3. The average molecular weight is 347 g/mol. The molecule has 1 N–H and O–H groups in total. The largest absolute Gasteiger partial charge is 0.494 e. The topological polar surface area (TPSA) is 72.5 Å². The molecule has 2 aromatic carbocycles. The van der Waals surface area contributed by atoms with Crippen molar-refractivity contribution in [2.24, 2.45) is 0 Å². The van der Waals surface area contributed by atoms with Crippen LogP contribution in [0.2, 0.25) is 0 Å². The molecule has 0 aliphatic rings. The number of benzene rings is 2. The van der Waals surface area contributed by atoms with Crippen LogP contribution in [-0.2, 0) is 9.84 Å². The van der Waals surface area contributed by atoms with Crippen molar-refractivity contribution in [3.8, 4) is 5.75 Å². The molecule has 0 unspecified atom stereocenters. The molecule has 0 fully saturated rings. The first-order valence-electron chi connectivity index (χ1n) is 7.65. The zero-order valence-electron chi connectivity index (χ0n) is 13.9. The van der Waals surface area contributed by atoms with E-state index in [9.17, 15) is 13.2 Å². The Morgan fingerprint density at radius 2 is 1.67 bits per heavy atom. The minimum atomic E-state index is -3.22. The number of sulfone groups is 1. The lowest BCUT2D eigenvalue weighted by molar-refractivity contribution is 0.0940. The third-order valence-electron chi connectivity index (χ3n) is 3.58. The number of hydrogen-bond acceptors (Lipinski definition) is 4. The van der Waals surface area contributed by atoms with Crippen LogP contribution in [0.15, 0.2) is 53.4 Å². The van der Waals surface area contributed by atoms with Gasteiger partial charge in [0.05, 0.1) is 17.5 Å². The first-order valence-corrected chi connectivity index (χ1v) is 9.54. The third kappa shape index (κ3) is 4.58. The van der Waals surface area contributed by atoms with Crippen molar-refractivity contribution in [1.29, 1.82) is 0 Å². The number of rotatable bonds is 6. The van der Waals surface area contributed by atoms with Crippen molar-refractivity contribution in [3.63, 3.8) is 0 Å². The van der Waals surface area contributed by atoms with Crippen molar-refractivity contribution < 1.29 is 17.9 Å². The van der Waals surface area contributed by atoms with E-state index in [0.29, 0.717) is 12.2 Å². The van der Waals surface area contributed by atoms with Crippen LogP contribution < -0.4 is 10.1 Å². The molecule has 0 bridgehead atoms. The van der Waals surface area contributed by atoms with Gasteiger partial charge in [-0.3, -0.25) is 4.79 Å². The molecule has 0 radical (unpaired) electrons. The SMILES string of the molecule is CCOc1ccc(C(=O)N[C@@H](C)c2ccc(S(C)(=O)=O)cc2)cc1. The number of nitrogens with one attached hydrogen (secondary N) is 1.